The lowest BCUT2D eigenvalue weighted by molar-refractivity contribution is -0.385. The van der Waals surface area contributed by atoms with Gasteiger partial charge >= 0.3 is 0 Å². The number of non-ortho nitro benzene ring substituents is 1. The van der Waals surface area contributed by atoms with Gasteiger partial charge in [0.2, 0.25) is 0 Å². The van der Waals surface area contributed by atoms with Gasteiger partial charge in [0.25, 0.3) is 5.69 Å². The van der Waals surface area contributed by atoms with Gasteiger partial charge in [-0.25, -0.2) is 0 Å². The van der Waals surface area contributed by atoms with Gasteiger partial charge in [0.1, 0.15) is 5.75 Å². The molecule has 0 aliphatic rings. The molecule has 6 heteroatoms. The zero-order valence-corrected chi connectivity index (χ0v) is 9.34. The van der Waals surface area contributed by atoms with Crippen LogP contribution in [0.15, 0.2) is 18.2 Å². The van der Waals surface area contributed by atoms with E-state index in [4.69, 9.17) is 4.74 Å². The van der Waals surface area contributed by atoms with Crippen molar-refractivity contribution < 1.29 is 19.6 Å². The van der Waals surface area contributed by atoms with Crippen molar-refractivity contribution in [2.45, 2.75) is 19.8 Å². The third-order valence-electron chi connectivity index (χ3n) is 2.15. The van der Waals surface area contributed by atoms with Crippen LogP contribution in [0.25, 0.3) is 0 Å². The van der Waals surface area contributed by atoms with Gasteiger partial charge in [0.15, 0.2) is 0 Å². The zero-order chi connectivity index (χ0) is 12.8. The minimum absolute atomic E-state index is 0.101. The van der Waals surface area contributed by atoms with Gasteiger partial charge < -0.3 is 14.6 Å². The molecule has 0 spiro atoms. The molecule has 6 nitrogen and oxygen atoms in total. The van der Waals surface area contributed by atoms with Crippen LogP contribution in [-0.4, -0.2) is 17.5 Å². The first-order valence-corrected chi connectivity index (χ1v) is 5.18. The van der Waals surface area contributed by atoms with Crippen LogP contribution in [0.4, 0.5) is 5.69 Å². The highest BCUT2D eigenvalue weighted by molar-refractivity contribution is 5.90. The number of carbonyl (C=O) groups is 1. The molecule has 0 radical (unpaired) electrons. The molecule has 0 aliphatic heterocycles. The maximum atomic E-state index is 10.8. The third kappa shape index (κ3) is 3.44. The van der Waals surface area contributed by atoms with E-state index >= 15 is 0 Å². The first kappa shape index (κ1) is 13.0. The number of carboxylic acid groups (broad SMARTS) is 1. The van der Waals surface area contributed by atoms with E-state index in [0.717, 1.165) is 18.9 Å². The van der Waals surface area contributed by atoms with Crippen LogP contribution < -0.4 is 9.84 Å². The van der Waals surface area contributed by atoms with Crippen LogP contribution in [0.2, 0.25) is 0 Å². The minimum atomic E-state index is -1.49. The smallest absolute Gasteiger partial charge is 0.270 e. The molecule has 0 bridgehead atoms. The second kappa shape index (κ2) is 5.83. The lowest BCUT2D eigenvalue weighted by Crippen LogP contribution is -2.23. The van der Waals surface area contributed by atoms with Crippen LogP contribution in [0.3, 0.4) is 0 Å². The molecular weight excluding hydrogens is 226 g/mol. The van der Waals surface area contributed by atoms with Crippen molar-refractivity contribution in [1.29, 1.82) is 0 Å². The Balaban J connectivity index is 2.96. The van der Waals surface area contributed by atoms with Crippen molar-refractivity contribution in [1.82, 2.24) is 0 Å². The Bertz CT molecular complexity index is 430. The molecule has 17 heavy (non-hydrogen) atoms. The Labute approximate surface area is 98.0 Å². The Hall–Kier alpha value is -2.11. The summed E-state index contributed by atoms with van der Waals surface area (Å²) in [4.78, 5) is 20.6. The van der Waals surface area contributed by atoms with Gasteiger partial charge in [0, 0.05) is 17.7 Å². The lowest BCUT2D eigenvalue weighted by atomic mass is 10.2. The summed E-state index contributed by atoms with van der Waals surface area (Å²) in [7, 11) is 0. The number of aromatic carboxylic acids is 1. The number of hydrogen-bond acceptors (Lipinski definition) is 5. The largest absolute Gasteiger partial charge is 0.545 e. The molecule has 1 aromatic rings. The fraction of sp³-hybridized carbons (Fsp3) is 0.364. The minimum Gasteiger partial charge on any atom is -0.545 e. The molecule has 0 N–H and O–H groups in total. The molecule has 0 aliphatic carbocycles. The second-order valence-corrected chi connectivity index (χ2v) is 3.43. The standard InChI is InChI=1S/C11H13NO5/c1-2-3-6-17-10-5-4-8(12(15)16)7-9(10)11(13)14/h4-5,7H,2-3,6H2,1H3,(H,13,14)/p-1. The third-order valence-corrected chi connectivity index (χ3v) is 2.15. The van der Waals surface area contributed by atoms with E-state index < -0.39 is 10.9 Å². The predicted octanol–water partition coefficient (Wildman–Crippen LogP) is 1.14. The molecule has 0 unspecified atom stereocenters. The summed E-state index contributed by atoms with van der Waals surface area (Å²) in [6, 6.07) is 3.42. The number of carboxylic acids is 1. The van der Waals surface area contributed by atoms with E-state index in [9.17, 15) is 20.0 Å². The molecule has 1 rings (SSSR count). The first-order chi connectivity index (χ1) is 8.06. The van der Waals surface area contributed by atoms with E-state index in [0.29, 0.717) is 6.61 Å². The van der Waals surface area contributed by atoms with Crippen LogP contribution in [0.1, 0.15) is 30.1 Å². The Morgan fingerprint density at radius 1 is 1.47 bits per heavy atom. The summed E-state index contributed by atoms with van der Waals surface area (Å²) in [5, 5.41) is 21.3. The van der Waals surface area contributed by atoms with Crippen molar-refractivity contribution in [2.75, 3.05) is 6.61 Å². The average Bonchev–Trinajstić information content (AvgIpc) is 2.29. The Morgan fingerprint density at radius 2 is 2.18 bits per heavy atom. The first-order valence-electron chi connectivity index (χ1n) is 5.18. The summed E-state index contributed by atoms with van der Waals surface area (Å²) in [5.41, 5.74) is -0.595. The van der Waals surface area contributed by atoms with Gasteiger partial charge in [-0.1, -0.05) is 13.3 Å². The molecule has 0 amide bonds. The summed E-state index contributed by atoms with van der Waals surface area (Å²) < 4.78 is 5.23. The summed E-state index contributed by atoms with van der Waals surface area (Å²) in [6.45, 7) is 2.34. The van der Waals surface area contributed by atoms with E-state index in [1.807, 2.05) is 6.92 Å². The molecule has 92 valence electrons. The maximum absolute atomic E-state index is 10.8. The summed E-state index contributed by atoms with van der Waals surface area (Å²) >= 11 is 0. The van der Waals surface area contributed by atoms with Crippen molar-refractivity contribution in [3.8, 4) is 5.75 Å². The van der Waals surface area contributed by atoms with Crippen LogP contribution in [0.5, 0.6) is 5.75 Å². The van der Waals surface area contributed by atoms with E-state index in [1.165, 1.54) is 12.1 Å². The average molecular weight is 238 g/mol. The summed E-state index contributed by atoms with van der Waals surface area (Å²) in [6.07, 6.45) is 1.69. The summed E-state index contributed by atoms with van der Waals surface area (Å²) in [5.74, 6) is -1.38. The van der Waals surface area contributed by atoms with Crippen LogP contribution in [-0.2, 0) is 0 Å². The fourth-order valence-corrected chi connectivity index (χ4v) is 1.24. The molecule has 0 aromatic heterocycles. The molecule has 0 saturated heterocycles. The normalized spacial score (nSPS) is 9.94. The number of carbonyl (C=O) groups excluding carboxylic acids is 1. The zero-order valence-electron chi connectivity index (χ0n) is 9.34. The Morgan fingerprint density at radius 3 is 2.71 bits per heavy atom. The number of nitro groups is 1. The van der Waals surface area contributed by atoms with Gasteiger partial charge in [-0.3, -0.25) is 10.1 Å². The molecule has 0 saturated carbocycles. The van der Waals surface area contributed by atoms with Crippen molar-refractivity contribution in [3.05, 3.63) is 33.9 Å². The molecule has 0 atom stereocenters. The second-order valence-electron chi connectivity index (χ2n) is 3.43. The van der Waals surface area contributed by atoms with Crippen molar-refractivity contribution in [2.24, 2.45) is 0 Å². The van der Waals surface area contributed by atoms with E-state index in [2.05, 4.69) is 0 Å². The predicted molar refractivity (Wildman–Crippen MR) is 57.8 cm³/mol. The lowest BCUT2D eigenvalue weighted by Gasteiger charge is -2.11. The van der Waals surface area contributed by atoms with Crippen LogP contribution in [0, 0.1) is 10.1 Å². The number of hydrogen-bond donors (Lipinski definition) is 0. The highest BCUT2D eigenvalue weighted by atomic mass is 16.6. The van der Waals surface area contributed by atoms with Gasteiger partial charge in [-0.2, -0.15) is 0 Å². The maximum Gasteiger partial charge on any atom is 0.270 e. The highest BCUT2D eigenvalue weighted by Gasteiger charge is 2.12. The number of unbranched alkanes of at least 4 members (excludes halogenated alkanes) is 1. The van der Waals surface area contributed by atoms with Gasteiger partial charge in [0.05, 0.1) is 17.5 Å². The van der Waals surface area contributed by atoms with Crippen LogP contribution >= 0.6 is 0 Å². The SMILES string of the molecule is CCCCOc1ccc([N+](=O)[O-])cc1C(=O)[O-]. The monoisotopic (exact) mass is 238 g/mol. The fourth-order valence-electron chi connectivity index (χ4n) is 1.24. The number of benzene rings is 1. The van der Waals surface area contributed by atoms with Gasteiger partial charge in [-0.15, -0.1) is 0 Å². The number of rotatable bonds is 6. The molecule has 0 fully saturated rings. The number of nitrogens with zero attached hydrogens (tertiary/aromatic N) is 1. The topological polar surface area (TPSA) is 92.5 Å². The number of nitro benzene ring substituents is 1. The number of ether oxygens (including phenoxy) is 1. The molecule has 1 aromatic carbocycles. The van der Waals surface area contributed by atoms with E-state index in [-0.39, 0.29) is 17.0 Å². The Kier molecular flexibility index (Phi) is 4.45. The van der Waals surface area contributed by atoms with Gasteiger partial charge in [-0.05, 0) is 12.5 Å². The van der Waals surface area contributed by atoms with Crippen molar-refractivity contribution >= 4 is 11.7 Å². The molecular formula is C11H12NO5-. The highest BCUT2D eigenvalue weighted by Crippen LogP contribution is 2.23. The molecule has 0 heterocycles. The van der Waals surface area contributed by atoms with Crippen molar-refractivity contribution in [3.63, 3.8) is 0 Å². The quantitative estimate of drug-likeness (QED) is 0.421. The van der Waals surface area contributed by atoms with E-state index in [1.54, 1.807) is 0 Å².